The molecular formula is C3H6I2OV. The Balaban J connectivity index is 0. The van der Waals surface area contributed by atoms with Gasteiger partial charge >= 0.3 is 49.4 Å². The molecule has 0 atom stereocenters. The number of hydrogen-bond acceptors (Lipinski definition) is 1. The standard InChI is InChI=1S/C3H6O.2HI.V/c1-3(2)4;;;/h1-2H3;2*1H;/q;;;+2/p-2. The van der Waals surface area contributed by atoms with Gasteiger partial charge in [0.2, 0.25) is 0 Å². The average molecular weight is 363 g/mol. The third-order valence-electron chi connectivity index (χ3n) is 0. The summed E-state index contributed by atoms with van der Waals surface area (Å²) in [6.07, 6.45) is 0. The van der Waals surface area contributed by atoms with Crippen LogP contribution in [0.3, 0.4) is 0 Å². The summed E-state index contributed by atoms with van der Waals surface area (Å²) in [5, 5.41) is 0. The SMILES string of the molecule is CC(C)=O.[I][V][I]. The van der Waals surface area contributed by atoms with E-state index >= 15 is 0 Å². The summed E-state index contributed by atoms with van der Waals surface area (Å²) in [6, 6.07) is 0. The van der Waals surface area contributed by atoms with Gasteiger partial charge in [-0.1, -0.05) is 0 Å². The molecule has 0 fully saturated rings. The van der Waals surface area contributed by atoms with Gasteiger partial charge in [-0.3, -0.25) is 0 Å². The maximum absolute atomic E-state index is 9.44. The molecule has 0 rings (SSSR count). The molecule has 0 aliphatic heterocycles. The number of ketones is 1. The van der Waals surface area contributed by atoms with Crippen molar-refractivity contribution < 1.29 is 14.3 Å². The van der Waals surface area contributed by atoms with Crippen LogP contribution in [0.25, 0.3) is 0 Å². The predicted molar refractivity (Wildman–Crippen MR) is 44.4 cm³/mol. The van der Waals surface area contributed by atoms with Crippen LogP contribution in [0.4, 0.5) is 0 Å². The van der Waals surface area contributed by atoms with Gasteiger partial charge in [0, 0.05) is 0 Å². The molecule has 0 N–H and O–H groups in total. The van der Waals surface area contributed by atoms with E-state index in [1.807, 2.05) is 0 Å². The summed E-state index contributed by atoms with van der Waals surface area (Å²) in [4.78, 5) is 9.44. The Bertz CT molecular complexity index is 44.2. The van der Waals surface area contributed by atoms with E-state index < -0.39 is 0 Å². The van der Waals surface area contributed by atoms with Crippen molar-refractivity contribution in [2.24, 2.45) is 0 Å². The maximum atomic E-state index is 9.44. The summed E-state index contributed by atoms with van der Waals surface area (Å²) < 4.78 is 0. The van der Waals surface area contributed by atoms with Gasteiger partial charge in [-0.15, -0.1) is 0 Å². The third-order valence-corrected chi connectivity index (χ3v) is 0. The second kappa shape index (κ2) is 10.7. The molecule has 1 nitrogen and oxygen atoms in total. The molecule has 0 aromatic heterocycles. The number of rotatable bonds is 0. The molecule has 0 aliphatic rings. The second-order valence-corrected chi connectivity index (χ2v) is 12.8. The van der Waals surface area contributed by atoms with Gasteiger partial charge in [0.1, 0.15) is 5.78 Å². The van der Waals surface area contributed by atoms with Crippen LogP contribution in [0.1, 0.15) is 13.8 Å². The first-order chi connectivity index (χ1) is 3.15. The first kappa shape index (κ1) is 11.5. The molecular weight excluding hydrogens is 357 g/mol. The van der Waals surface area contributed by atoms with E-state index in [1.54, 1.807) is 0 Å². The van der Waals surface area contributed by atoms with Crippen molar-refractivity contribution in [1.82, 2.24) is 0 Å². The van der Waals surface area contributed by atoms with Crippen LogP contribution in [-0.4, -0.2) is 5.78 Å². The Labute approximate surface area is 72.8 Å². The number of Topliss-reactive ketones (excluding diaryl/α,β-unsaturated/α-hetero) is 1. The van der Waals surface area contributed by atoms with Crippen LogP contribution in [0, 0.1) is 0 Å². The quantitative estimate of drug-likeness (QED) is 0.605. The molecule has 0 aromatic rings. The zero-order valence-electron chi connectivity index (χ0n) is 4.11. The van der Waals surface area contributed by atoms with Crippen molar-refractivity contribution in [3.63, 3.8) is 0 Å². The van der Waals surface area contributed by atoms with Gasteiger partial charge in [0.25, 0.3) is 0 Å². The topological polar surface area (TPSA) is 17.1 Å². The van der Waals surface area contributed by atoms with Crippen molar-refractivity contribution in [3.05, 3.63) is 0 Å². The molecule has 43 valence electrons. The van der Waals surface area contributed by atoms with Crippen molar-refractivity contribution in [3.8, 4) is 0 Å². The van der Waals surface area contributed by atoms with E-state index in [0.29, 0.717) is 9.47 Å². The monoisotopic (exact) mass is 363 g/mol. The molecule has 0 saturated heterocycles. The molecule has 4 heteroatoms. The van der Waals surface area contributed by atoms with Gasteiger partial charge in [0.05, 0.1) is 0 Å². The molecule has 0 radical (unpaired) electrons. The van der Waals surface area contributed by atoms with Crippen molar-refractivity contribution >= 4 is 45.7 Å². The number of halogens is 2. The Morgan fingerprint density at radius 3 is 1.43 bits per heavy atom. The zero-order chi connectivity index (χ0) is 6.28. The Morgan fingerprint density at radius 1 is 1.43 bits per heavy atom. The van der Waals surface area contributed by atoms with Gasteiger partial charge in [-0.2, -0.15) is 0 Å². The van der Waals surface area contributed by atoms with Crippen molar-refractivity contribution in [2.45, 2.75) is 13.8 Å². The Morgan fingerprint density at radius 2 is 1.43 bits per heavy atom. The van der Waals surface area contributed by atoms with Crippen LogP contribution in [0.2, 0.25) is 0 Å². The normalized spacial score (nSPS) is 5.71. The minimum absolute atomic E-state index is 0.167. The Hall–Kier alpha value is 1.71. The average Bonchev–Trinajstić information content (AvgIpc) is 1.33. The first-order valence-electron chi connectivity index (χ1n) is 1.54. The van der Waals surface area contributed by atoms with Crippen molar-refractivity contribution in [2.75, 3.05) is 0 Å². The van der Waals surface area contributed by atoms with Crippen LogP contribution in [0.5, 0.6) is 0 Å². The summed E-state index contributed by atoms with van der Waals surface area (Å²) in [5.74, 6) is 0.167. The van der Waals surface area contributed by atoms with E-state index in [2.05, 4.69) is 40.0 Å². The van der Waals surface area contributed by atoms with Crippen molar-refractivity contribution in [1.29, 1.82) is 0 Å². The van der Waals surface area contributed by atoms with E-state index in [9.17, 15) is 4.79 Å². The molecule has 0 aromatic carbocycles. The van der Waals surface area contributed by atoms with E-state index in [1.165, 1.54) is 13.8 Å². The molecule has 0 aliphatic carbocycles. The number of carbonyl (C=O) groups excluding carboxylic acids is 1. The van der Waals surface area contributed by atoms with Crippen LogP contribution >= 0.6 is 40.0 Å². The van der Waals surface area contributed by atoms with Crippen LogP contribution in [-0.2, 0) is 14.3 Å². The molecule has 0 bridgehead atoms. The summed E-state index contributed by atoms with van der Waals surface area (Å²) in [7, 11) is 0.628. The molecule has 0 heterocycles. The molecule has 0 unspecified atom stereocenters. The molecule has 0 amide bonds. The zero-order valence-corrected chi connectivity index (χ0v) is 9.82. The molecule has 7 heavy (non-hydrogen) atoms. The van der Waals surface area contributed by atoms with Crippen LogP contribution in [0.15, 0.2) is 0 Å². The van der Waals surface area contributed by atoms with E-state index in [-0.39, 0.29) is 5.78 Å². The number of carbonyl (C=O) groups is 1. The predicted octanol–water partition coefficient (Wildman–Crippen LogP) is 2.36. The number of hydrogen-bond donors (Lipinski definition) is 0. The minimum atomic E-state index is 0.167. The van der Waals surface area contributed by atoms with E-state index in [0.717, 1.165) is 0 Å². The third kappa shape index (κ3) is 85.7. The summed E-state index contributed by atoms with van der Waals surface area (Å²) in [5.41, 5.74) is 0. The fourth-order valence-corrected chi connectivity index (χ4v) is 0. The fraction of sp³-hybridized carbons (Fsp3) is 0.667. The fourth-order valence-electron chi connectivity index (χ4n) is 0. The summed E-state index contributed by atoms with van der Waals surface area (Å²) in [6.45, 7) is 3.06. The van der Waals surface area contributed by atoms with Gasteiger partial charge in [-0.25, -0.2) is 0 Å². The second-order valence-electron chi connectivity index (χ2n) is 0.972. The Kier molecular flexibility index (Phi) is 17.5. The first-order valence-corrected chi connectivity index (χ1v) is 10.6. The summed E-state index contributed by atoms with van der Waals surface area (Å²) >= 11 is 4.74. The van der Waals surface area contributed by atoms with E-state index in [4.69, 9.17) is 0 Å². The molecule has 0 spiro atoms. The van der Waals surface area contributed by atoms with Gasteiger partial charge in [0.15, 0.2) is 0 Å². The molecule has 0 saturated carbocycles. The van der Waals surface area contributed by atoms with Gasteiger partial charge < -0.3 is 4.79 Å². The van der Waals surface area contributed by atoms with Crippen LogP contribution < -0.4 is 0 Å². The van der Waals surface area contributed by atoms with Gasteiger partial charge in [-0.05, 0) is 13.8 Å².